The maximum Gasteiger partial charge on any atom is 0.405 e. The first kappa shape index (κ1) is 16.6. The van der Waals surface area contributed by atoms with Crippen molar-refractivity contribution in [2.75, 3.05) is 18.0 Å². The van der Waals surface area contributed by atoms with Gasteiger partial charge < -0.3 is 10.0 Å². The lowest BCUT2D eigenvalue weighted by atomic mass is 10.1. The van der Waals surface area contributed by atoms with Crippen molar-refractivity contribution in [2.24, 2.45) is 0 Å². The lowest BCUT2D eigenvalue weighted by Crippen LogP contribution is -2.34. The van der Waals surface area contributed by atoms with Crippen molar-refractivity contribution >= 4 is 33.7 Å². The third kappa shape index (κ3) is 5.24. The van der Waals surface area contributed by atoms with Gasteiger partial charge in [0.05, 0.1) is 0 Å². The van der Waals surface area contributed by atoms with Crippen molar-refractivity contribution in [1.82, 2.24) is 0 Å². The lowest BCUT2D eigenvalue weighted by Gasteiger charge is -2.26. The van der Waals surface area contributed by atoms with Gasteiger partial charge in [0, 0.05) is 22.8 Å². The van der Waals surface area contributed by atoms with Gasteiger partial charge in [-0.25, -0.2) is 4.79 Å². The summed E-state index contributed by atoms with van der Waals surface area (Å²) in [5.41, 5.74) is 0.749. The van der Waals surface area contributed by atoms with Crippen molar-refractivity contribution in [3.63, 3.8) is 0 Å². The van der Waals surface area contributed by atoms with Crippen LogP contribution in [-0.2, 0) is 4.79 Å². The van der Waals surface area contributed by atoms with Gasteiger partial charge in [0.15, 0.2) is 0 Å². The summed E-state index contributed by atoms with van der Waals surface area (Å²) in [6.07, 6.45) is -2.15. The summed E-state index contributed by atoms with van der Waals surface area (Å²) < 4.78 is 38.3. The van der Waals surface area contributed by atoms with E-state index in [1.807, 2.05) is 0 Å². The van der Waals surface area contributed by atoms with Gasteiger partial charge >= 0.3 is 12.1 Å². The highest BCUT2D eigenvalue weighted by atomic mass is 79.9. The van der Waals surface area contributed by atoms with Gasteiger partial charge in [-0.1, -0.05) is 22.0 Å². The molecule has 0 saturated carbocycles. The second kappa shape index (κ2) is 6.78. The van der Waals surface area contributed by atoms with Crippen LogP contribution in [0, 0.1) is 0 Å². The molecule has 0 fully saturated rings. The summed E-state index contributed by atoms with van der Waals surface area (Å²) in [6.45, 7) is 0.676. The summed E-state index contributed by atoms with van der Waals surface area (Å²) in [7, 11) is 0. The second-order valence-electron chi connectivity index (χ2n) is 4.00. The molecule has 0 amide bonds. The van der Waals surface area contributed by atoms with Crippen LogP contribution in [0.15, 0.2) is 28.7 Å². The van der Waals surface area contributed by atoms with Gasteiger partial charge in [-0.15, -0.1) is 0 Å². The topological polar surface area (TPSA) is 40.5 Å². The zero-order chi connectivity index (χ0) is 15.3. The molecule has 0 saturated heterocycles. The summed E-state index contributed by atoms with van der Waals surface area (Å²) in [5.74, 6) is -1.15. The van der Waals surface area contributed by atoms with E-state index >= 15 is 0 Å². The number of anilines is 1. The average molecular weight is 352 g/mol. The molecule has 0 unspecified atom stereocenters. The number of carbonyl (C=O) groups is 1. The van der Waals surface area contributed by atoms with Crippen LogP contribution in [0.4, 0.5) is 18.9 Å². The SMILES string of the molecule is CCN(CC(F)(F)F)c1cc(Br)ccc1C=CC(=O)O. The average Bonchev–Trinajstić information content (AvgIpc) is 2.33. The molecule has 0 aliphatic heterocycles. The Morgan fingerprint density at radius 3 is 2.60 bits per heavy atom. The van der Waals surface area contributed by atoms with Crippen molar-refractivity contribution in [1.29, 1.82) is 0 Å². The van der Waals surface area contributed by atoms with Crippen LogP contribution in [0.2, 0.25) is 0 Å². The number of alkyl halides is 3. The highest BCUT2D eigenvalue weighted by Crippen LogP contribution is 2.29. The largest absolute Gasteiger partial charge is 0.478 e. The molecule has 0 aliphatic rings. The minimum absolute atomic E-state index is 0.157. The Balaban J connectivity index is 3.18. The molecule has 0 spiro atoms. The Kier molecular flexibility index (Phi) is 5.62. The van der Waals surface area contributed by atoms with E-state index in [9.17, 15) is 18.0 Å². The first-order chi connectivity index (χ1) is 9.23. The summed E-state index contributed by atoms with van der Waals surface area (Å²) in [6, 6.07) is 4.75. The van der Waals surface area contributed by atoms with E-state index in [1.165, 1.54) is 12.1 Å². The van der Waals surface area contributed by atoms with E-state index < -0.39 is 18.7 Å². The number of carboxylic acid groups (broad SMARTS) is 1. The van der Waals surface area contributed by atoms with Gasteiger partial charge in [0.25, 0.3) is 0 Å². The molecular formula is C13H13BrF3NO2. The predicted molar refractivity (Wildman–Crippen MR) is 74.8 cm³/mol. The Morgan fingerprint density at radius 2 is 2.10 bits per heavy atom. The van der Waals surface area contributed by atoms with Crippen LogP contribution in [0.25, 0.3) is 6.08 Å². The fourth-order valence-electron chi connectivity index (χ4n) is 1.68. The Hall–Kier alpha value is -1.50. The highest BCUT2D eigenvalue weighted by Gasteiger charge is 2.30. The Labute approximate surface area is 122 Å². The quantitative estimate of drug-likeness (QED) is 0.817. The van der Waals surface area contributed by atoms with Crippen molar-refractivity contribution in [2.45, 2.75) is 13.1 Å². The number of carboxylic acids is 1. The maximum atomic E-state index is 12.6. The summed E-state index contributed by atoms with van der Waals surface area (Å²) in [5, 5.41) is 8.61. The fourth-order valence-corrected chi connectivity index (χ4v) is 2.03. The van der Waals surface area contributed by atoms with Crippen molar-refractivity contribution < 1.29 is 23.1 Å². The number of halogens is 4. The standard InChI is InChI=1S/C13H13BrF3NO2/c1-2-18(8-13(15,16)17)11-7-10(14)5-3-9(11)4-6-12(19)20/h3-7H,2,8H2,1H3,(H,19,20). The van der Waals surface area contributed by atoms with E-state index in [-0.39, 0.29) is 6.54 Å². The molecule has 0 aromatic heterocycles. The van der Waals surface area contributed by atoms with Gasteiger partial charge in [-0.3, -0.25) is 0 Å². The molecule has 0 atom stereocenters. The zero-order valence-electron chi connectivity index (χ0n) is 10.6. The molecule has 7 heteroatoms. The highest BCUT2D eigenvalue weighted by molar-refractivity contribution is 9.10. The number of hydrogen-bond donors (Lipinski definition) is 1. The number of nitrogens with zero attached hydrogens (tertiary/aromatic N) is 1. The first-order valence-electron chi connectivity index (χ1n) is 5.75. The molecule has 0 bridgehead atoms. The molecule has 1 aromatic rings. The smallest absolute Gasteiger partial charge is 0.405 e. The summed E-state index contributed by atoms with van der Waals surface area (Å²) >= 11 is 3.21. The maximum absolute atomic E-state index is 12.6. The second-order valence-corrected chi connectivity index (χ2v) is 4.92. The Morgan fingerprint density at radius 1 is 1.45 bits per heavy atom. The van der Waals surface area contributed by atoms with Crippen LogP contribution < -0.4 is 4.90 Å². The van der Waals surface area contributed by atoms with Gasteiger partial charge in [-0.05, 0) is 30.7 Å². The van der Waals surface area contributed by atoms with E-state index in [1.54, 1.807) is 19.1 Å². The van der Waals surface area contributed by atoms with Gasteiger partial charge in [-0.2, -0.15) is 13.2 Å². The number of rotatable bonds is 5. The predicted octanol–water partition coefficient (Wildman–Crippen LogP) is 3.94. The lowest BCUT2D eigenvalue weighted by molar-refractivity contribution is -0.131. The summed E-state index contributed by atoms with van der Waals surface area (Å²) in [4.78, 5) is 11.7. The van der Waals surface area contributed by atoms with Crippen LogP contribution in [0.3, 0.4) is 0 Å². The third-order valence-electron chi connectivity index (χ3n) is 2.49. The van der Waals surface area contributed by atoms with Gasteiger partial charge in [0.2, 0.25) is 0 Å². The van der Waals surface area contributed by atoms with E-state index in [2.05, 4.69) is 15.9 Å². The van der Waals surface area contributed by atoms with Crippen LogP contribution in [0.1, 0.15) is 12.5 Å². The van der Waals surface area contributed by atoms with Crippen LogP contribution in [-0.4, -0.2) is 30.3 Å². The Bertz CT molecular complexity index is 515. The first-order valence-corrected chi connectivity index (χ1v) is 6.54. The minimum atomic E-state index is -4.33. The molecule has 0 aliphatic carbocycles. The van der Waals surface area contributed by atoms with Crippen LogP contribution >= 0.6 is 15.9 Å². The molecule has 20 heavy (non-hydrogen) atoms. The number of aliphatic carboxylic acids is 1. The molecule has 0 radical (unpaired) electrons. The molecule has 1 N–H and O–H groups in total. The van der Waals surface area contributed by atoms with Crippen molar-refractivity contribution in [3.8, 4) is 0 Å². The molecule has 3 nitrogen and oxygen atoms in total. The third-order valence-corrected chi connectivity index (χ3v) is 2.98. The van der Waals surface area contributed by atoms with E-state index in [0.717, 1.165) is 11.0 Å². The molecule has 1 rings (SSSR count). The monoisotopic (exact) mass is 351 g/mol. The van der Waals surface area contributed by atoms with Gasteiger partial charge in [0.1, 0.15) is 6.54 Å². The molecule has 110 valence electrons. The van der Waals surface area contributed by atoms with Crippen molar-refractivity contribution in [3.05, 3.63) is 34.3 Å². The number of hydrogen-bond acceptors (Lipinski definition) is 2. The normalized spacial score (nSPS) is 11.8. The molecule has 1 aromatic carbocycles. The van der Waals surface area contributed by atoms with Crippen LogP contribution in [0.5, 0.6) is 0 Å². The minimum Gasteiger partial charge on any atom is -0.478 e. The molecule has 0 heterocycles. The zero-order valence-corrected chi connectivity index (χ0v) is 12.2. The number of benzene rings is 1. The fraction of sp³-hybridized carbons (Fsp3) is 0.308. The van der Waals surface area contributed by atoms with E-state index in [0.29, 0.717) is 15.7 Å². The van der Waals surface area contributed by atoms with E-state index in [4.69, 9.17) is 5.11 Å². The molecular weight excluding hydrogens is 339 g/mol.